The number of allylic oxidation sites excluding steroid dienone is 1. The molecule has 0 amide bonds. The Kier molecular flexibility index (Phi) is 11.7. The van der Waals surface area contributed by atoms with Crippen LogP contribution in [0.5, 0.6) is 0 Å². The molecule has 1 aliphatic rings. The SMILES string of the molecule is C=C(Nc1ccc(CCN2CCCN(C)CC2)cc1)c1c(/C=C(\C)c2ccc(C)nc2)cc[nH]c1=O.CCC. The predicted molar refractivity (Wildman–Crippen MR) is 167 cm³/mol. The van der Waals surface area contributed by atoms with Gasteiger partial charge >= 0.3 is 0 Å². The lowest BCUT2D eigenvalue weighted by Crippen LogP contribution is -2.30. The fourth-order valence-corrected chi connectivity index (χ4v) is 4.55. The van der Waals surface area contributed by atoms with Crippen molar-refractivity contribution in [1.29, 1.82) is 0 Å². The Balaban J connectivity index is 0.00000134. The van der Waals surface area contributed by atoms with Crippen LogP contribution in [0.1, 0.15) is 61.6 Å². The average molecular weight is 528 g/mol. The van der Waals surface area contributed by atoms with Gasteiger partial charge in [-0.15, -0.1) is 0 Å². The quantitative estimate of drug-likeness (QED) is 0.359. The Morgan fingerprint density at radius 2 is 1.82 bits per heavy atom. The zero-order valence-electron chi connectivity index (χ0n) is 24.4. The summed E-state index contributed by atoms with van der Waals surface area (Å²) in [7, 11) is 2.20. The number of hydrogen-bond donors (Lipinski definition) is 2. The molecular formula is C33H45N5O. The van der Waals surface area contributed by atoms with Crippen molar-refractivity contribution in [2.45, 2.75) is 47.0 Å². The van der Waals surface area contributed by atoms with Crippen LogP contribution in [-0.4, -0.2) is 59.5 Å². The molecule has 0 saturated carbocycles. The molecule has 2 N–H and O–H groups in total. The molecule has 0 spiro atoms. The second kappa shape index (κ2) is 15.2. The van der Waals surface area contributed by atoms with Crippen LogP contribution in [0.25, 0.3) is 17.3 Å². The van der Waals surface area contributed by atoms with Crippen LogP contribution in [0.2, 0.25) is 0 Å². The van der Waals surface area contributed by atoms with Crippen LogP contribution in [0.15, 0.2) is 66.2 Å². The standard InChI is InChI=1S/C30H37N5O.C3H8/c1-22(27-9-6-23(2)32-21-27)20-26-12-14-31-30(36)29(26)24(3)33-28-10-7-25(8-11-28)13-17-35-16-5-15-34(4)18-19-35;1-3-2/h6-12,14,20-21,33H,3,5,13,15-19H2,1-2,4H3,(H,31,36);3H2,1-2H3/b22-20+;. The molecule has 1 fully saturated rings. The van der Waals surface area contributed by atoms with E-state index in [9.17, 15) is 4.79 Å². The zero-order chi connectivity index (χ0) is 28.2. The number of aromatic amines is 1. The van der Waals surface area contributed by atoms with Gasteiger partial charge in [0.05, 0.1) is 5.56 Å². The highest BCUT2D eigenvalue weighted by atomic mass is 16.1. The summed E-state index contributed by atoms with van der Waals surface area (Å²) in [5.41, 5.74) is 7.00. The van der Waals surface area contributed by atoms with Crippen molar-refractivity contribution >= 4 is 23.0 Å². The van der Waals surface area contributed by atoms with E-state index in [1.165, 1.54) is 31.5 Å². The highest BCUT2D eigenvalue weighted by molar-refractivity contribution is 5.86. The van der Waals surface area contributed by atoms with Gasteiger partial charge in [0.2, 0.25) is 0 Å². The lowest BCUT2D eigenvalue weighted by molar-refractivity contribution is 0.279. The maximum absolute atomic E-state index is 12.8. The number of rotatable bonds is 8. The number of hydrogen-bond acceptors (Lipinski definition) is 5. The Morgan fingerprint density at radius 3 is 2.51 bits per heavy atom. The van der Waals surface area contributed by atoms with Crippen molar-refractivity contribution in [3.8, 4) is 0 Å². The van der Waals surface area contributed by atoms with Gasteiger partial charge < -0.3 is 20.1 Å². The predicted octanol–water partition coefficient (Wildman–Crippen LogP) is 6.32. The number of aromatic nitrogens is 2. The number of H-pyrrole nitrogens is 1. The minimum absolute atomic E-state index is 0.171. The van der Waals surface area contributed by atoms with E-state index < -0.39 is 0 Å². The molecule has 0 unspecified atom stereocenters. The van der Waals surface area contributed by atoms with Crippen LogP contribution in [-0.2, 0) is 6.42 Å². The van der Waals surface area contributed by atoms with E-state index in [1.807, 2.05) is 44.3 Å². The highest BCUT2D eigenvalue weighted by Gasteiger charge is 2.13. The normalized spacial score (nSPS) is 14.7. The Bertz CT molecular complexity index is 1270. The van der Waals surface area contributed by atoms with Crippen molar-refractivity contribution in [2.75, 3.05) is 45.1 Å². The summed E-state index contributed by atoms with van der Waals surface area (Å²) in [5.74, 6) is 0. The van der Waals surface area contributed by atoms with Gasteiger partial charge in [-0.3, -0.25) is 9.78 Å². The lowest BCUT2D eigenvalue weighted by atomic mass is 10.0. The maximum Gasteiger partial charge on any atom is 0.257 e. The molecule has 3 aromatic rings. The second-order valence-corrected chi connectivity index (χ2v) is 10.4. The number of benzene rings is 1. The molecule has 4 rings (SSSR count). The van der Waals surface area contributed by atoms with Gasteiger partial charge in [0.25, 0.3) is 5.56 Å². The Morgan fingerprint density at radius 1 is 1.08 bits per heavy atom. The first-order valence-corrected chi connectivity index (χ1v) is 14.1. The molecule has 3 heterocycles. The van der Waals surface area contributed by atoms with Crippen molar-refractivity contribution in [3.05, 3.63) is 99.7 Å². The molecule has 1 saturated heterocycles. The molecule has 0 bridgehead atoms. The molecule has 208 valence electrons. The molecule has 1 aliphatic heterocycles. The van der Waals surface area contributed by atoms with Gasteiger partial charge in [0, 0.05) is 49.1 Å². The second-order valence-electron chi connectivity index (χ2n) is 10.4. The largest absolute Gasteiger partial charge is 0.355 e. The van der Waals surface area contributed by atoms with Crippen LogP contribution >= 0.6 is 0 Å². The zero-order valence-corrected chi connectivity index (χ0v) is 24.4. The van der Waals surface area contributed by atoms with Crippen molar-refractivity contribution in [2.24, 2.45) is 0 Å². The van der Waals surface area contributed by atoms with Gasteiger partial charge in [-0.05, 0) is 93.4 Å². The third-order valence-corrected chi connectivity index (χ3v) is 6.81. The molecule has 2 aromatic heterocycles. The van der Waals surface area contributed by atoms with Gasteiger partial charge in [-0.1, -0.05) is 51.1 Å². The molecule has 39 heavy (non-hydrogen) atoms. The van der Waals surface area contributed by atoms with E-state index in [4.69, 9.17) is 0 Å². The van der Waals surface area contributed by atoms with Gasteiger partial charge in [0.15, 0.2) is 0 Å². The number of likely N-dealkylation sites (N-methyl/N-ethyl adjacent to an activating group) is 1. The monoisotopic (exact) mass is 527 g/mol. The number of nitrogens with zero attached hydrogens (tertiary/aromatic N) is 3. The molecule has 1 aromatic carbocycles. The minimum atomic E-state index is -0.171. The number of pyridine rings is 2. The van der Waals surface area contributed by atoms with Crippen molar-refractivity contribution in [3.63, 3.8) is 0 Å². The van der Waals surface area contributed by atoms with Crippen molar-refractivity contribution in [1.82, 2.24) is 19.8 Å². The highest BCUT2D eigenvalue weighted by Crippen LogP contribution is 2.23. The number of aryl methyl sites for hydroxylation is 1. The summed E-state index contributed by atoms with van der Waals surface area (Å²) >= 11 is 0. The van der Waals surface area contributed by atoms with E-state index >= 15 is 0 Å². The Hall–Kier alpha value is -3.48. The van der Waals surface area contributed by atoms with Crippen LogP contribution in [0, 0.1) is 6.92 Å². The summed E-state index contributed by atoms with van der Waals surface area (Å²) in [6.07, 6.45) is 9.05. The van der Waals surface area contributed by atoms with E-state index in [-0.39, 0.29) is 5.56 Å². The summed E-state index contributed by atoms with van der Waals surface area (Å²) in [6, 6.07) is 14.4. The third-order valence-electron chi connectivity index (χ3n) is 6.81. The first-order valence-electron chi connectivity index (χ1n) is 14.1. The summed E-state index contributed by atoms with van der Waals surface area (Å²) in [5, 5.41) is 3.33. The van der Waals surface area contributed by atoms with Gasteiger partial charge in [-0.25, -0.2) is 0 Å². The lowest BCUT2D eigenvalue weighted by Gasteiger charge is -2.20. The maximum atomic E-state index is 12.8. The molecule has 0 radical (unpaired) electrons. The minimum Gasteiger partial charge on any atom is -0.355 e. The van der Waals surface area contributed by atoms with E-state index in [0.29, 0.717) is 11.3 Å². The fraction of sp³-hybridized carbons (Fsp3) is 0.394. The van der Waals surface area contributed by atoms with Crippen LogP contribution < -0.4 is 10.9 Å². The molecule has 6 nitrogen and oxygen atoms in total. The first-order chi connectivity index (χ1) is 18.8. The Labute approximate surface area is 234 Å². The van der Waals surface area contributed by atoms with Crippen LogP contribution in [0.3, 0.4) is 0 Å². The average Bonchev–Trinajstić information content (AvgIpc) is 3.13. The van der Waals surface area contributed by atoms with E-state index in [2.05, 4.69) is 76.8 Å². The third kappa shape index (κ3) is 9.34. The molecule has 6 heteroatoms. The molecular weight excluding hydrogens is 482 g/mol. The first kappa shape index (κ1) is 30.1. The number of anilines is 1. The van der Waals surface area contributed by atoms with Gasteiger partial charge in [0.1, 0.15) is 0 Å². The van der Waals surface area contributed by atoms with E-state index in [1.54, 1.807) is 6.20 Å². The summed E-state index contributed by atoms with van der Waals surface area (Å²) < 4.78 is 0. The van der Waals surface area contributed by atoms with Gasteiger partial charge in [-0.2, -0.15) is 0 Å². The fourth-order valence-electron chi connectivity index (χ4n) is 4.55. The van der Waals surface area contributed by atoms with Crippen LogP contribution in [0.4, 0.5) is 5.69 Å². The molecule has 0 aliphatic carbocycles. The molecule has 0 atom stereocenters. The topological polar surface area (TPSA) is 64.3 Å². The van der Waals surface area contributed by atoms with E-state index in [0.717, 1.165) is 54.1 Å². The smallest absolute Gasteiger partial charge is 0.257 e. The van der Waals surface area contributed by atoms with Crippen molar-refractivity contribution < 1.29 is 0 Å². The number of nitrogens with one attached hydrogen (secondary N) is 2. The summed E-state index contributed by atoms with van der Waals surface area (Å²) in [4.78, 5) is 24.9. The summed E-state index contributed by atoms with van der Waals surface area (Å²) in [6.45, 7) is 18.1.